The predicted molar refractivity (Wildman–Crippen MR) is 98.1 cm³/mol. The number of rotatable bonds is 0. The van der Waals surface area contributed by atoms with Crippen molar-refractivity contribution < 1.29 is 0 Å². The third-order valence-electron chi connectivity index (χ3n) is 5.13. The monoisotopic (exact) mass is 316 g/mol. The van der Waals surface area contributed by atoms with Gasteiger partial charge in [0.2, 0.25) is 0 Å². The summed E-state index contributed by atoms with van der Waals surface area (Å²) in [6, 6.07) is 18.0. The molecule has 1 aliphatic carbocycles. The molecular formula is C20H12S2. The molecule has 104 valence electrons. The van der Waals surface area contributed by atoms with Crippen LogP contribution in [0, 0.1) is 0 Å². The summed E-state index contributed by atoms with van der Waals surface area (Å²) >= 11 is 0. The summed E-state index contributed by atoms with van der Waals surface area (Å²) in [6.07, 6.45) is 2.38. The maximum atomic E-state index is 2.31. The van der Waals surface area contributed by atoms with Gasteiger partial charge in [-0.05, 0) is 50.9 Å². The van der Waals surface area contributed by atoms with E-state index in [-0.39, 0.29) is 0 Å². The minimum atomic E-state index is 1.19. The molecule has 0 saturated heterocycles. The number of hydrogen-bond acceptors (Lipinski definition) is 2. The molecule has 0 N–H and O–H groups in total. The van der Waals surface area contributed by atoms with Gasteiger partial charge in [0.25, 0.3) is 0 Å². The summed E-state index contributed by atoms with van der Waals surface area (Å²) in [6.45, 7) is 0. The summed E-state index contributed by atoms with van der Waals surface area (Å²) in [5.41, 5.74) is 3.17. The Bertz CT molecular complexity index is 949. The first-order valence-corrected chi connectivity index (χ1v) is 9.84. The first kappa shape index (κ1) is 11.9. The number of benzene rings is 4. The molecule has 1 aliphatic heterocycles. The number of fused-ring (bicyclic) bond motifs is 6. The Kier molecular flexibility index (Phi) is 2.16. The van der Waals surface area contributed by atoms with E-state index in [9.17, 15) is 0 Å². The minimum absolute atomic E-state index is 1.19. The van der Waals surface area contributed by atoms with Crippen LogP contribution in [0.25, 0.3) is 32.3 Å². The maximum absolute atomic E-state index is 2.31. The molecule has 22 heavy (non-hydrogen) atoms. The first-order chi connectivity index (χ1) is 10.9. The average Bonchev–Trinajstić information content (AvgIpc) is 3.19. The summed E-state index contributed by atoms with van der Waals surface area (Å²) < 4.78 is 0. The molecule has 1 heterocycles. The fourth-order valence-electron chi connectivity index (χ4n) is 4.27. The lowest BCUT2D eigenvalue weighted by Crippen LogP contribution is -1.88. The third kappa shape index (κ3) is 1.26. The van der Waals surface area contributed by atoms with Crippen molar-refractivity contribution in [3.05, 3.63) is 59.7 Å². The van der Waals surface area contributed by atoms with Gasteiger partial charge in [-0.3, -0.25) is 0 Å². The molecular weight excluding hydrogens is 304 g/mol. The maximum Gasteiger partial charge on any atom is 0.0355 e. The van der Waals surface area contributed by atoms with Crippen LogP contribution in [-0.2, 0) is 12.8 Å². The molecule has 6 rings (SSSR count). The van der Waals surface area contributed by atoms with Crippen LogP contribution >= 0.6 is 21.6 Å². The molecule has 0 radical (unpaired) electrons. The van der Waals surface area contributed by atoms with Crippen molar-refractivity contribution in [1.82, 2.24) is 0 Å². The van der Waals surface area contributed by atoms with E-state index in [1.54, 1.807) is 16.5 Å². The highest BCUT2D eigenvalue weighted by molar-refractivity contribution is 8.77. The van der Waals surface area contributed by atoms with E-state index in [2.05, 4.69) is 48.5 Å². The Labute approximate surface area is 136 Å². The molecule has 0 nitrogen and oxygen atoms in total. The Morgan fingerprint density at radius 3 is 1.50 bits per heavy atom. The van der Waals surface area contributed by atoms with Gasteiger partial charge in [-0.25, -0.2) is 0 Å². The van der Waals surface area contributed by atoms with Crippen molar-refractivity contribution >= 4 is 53.9 Å². The second-order valence-electron chi connectivity index (χ2n) is 6.12. The summed E-state index contributed by atoms with van der Waals surface area (Å²) in [7, 11) is 3.91. The first-order valence-electron chi connectivity index (χ1n) is 7.69. The average molecular weight is 316 g/mol. The van der Waals surface area contributed by atoms with E-state index >= 15 is 0 Å². The van der Waals surface area contributed by atoms with Crippen LogP contribution in [0.4, 0.5) is 0 Å². The van der Waals surface area contributed by atoms with Gasteiger partial charge in [-0.15, -0.1) is 0 Å². The largest absolute Gasteiger partial charge is 0.0616 e. The molecule has 0 saturated carbocycles. The lowest BCUT2D eigenvalue weighted by molar-refractivity contribution is 1.04. The molecule has 4 aromatic rings. The zero-order chi connectivity index (χ0) is 14.3. The molecule has 2 heteroatoms. The van der Waals surface area contributed by atoms with Gasteiger partial charge >= 0.3 is 0 Å². The summed E-state index contributed by atoms with van der Waals surface area (Å²) in [5.74, 6) is 0. The Hall–Kier alpha value is -1.64. The van der Waals surface area contributed by atoms with Gasteiger partial charge in [0.15, 0.2) is 0 Å². The van der Waals surface area contributed by atoms with E-state index in [1.807, 2.05) is 21.6 Å². The lowest BCUT2D eigenvalue weighted by atomic mass is 9.94. The van der Waals surface area contributed by atoms with Crippen molar-refractivity contribution in [2.45, 2.75) is 22.6 Å². The molecule has 0 amide bonds. The minimum Gasteiger partial charge on any atom is -0.0616 e. The van der Waals surface area contributed by atoms with Crippen LogP contribution in [0.2, 0.25) is 0 Å². The second kappa shape index (κ2) is 4.01. The van der Waals surface area contributed by atoms with Crippen molar-refractivity contribution in [2.75, 3.05) is 0 Å². The molecule has 0 atom stereocenters. The van der Waals surface area contributed by atoms with Crippen LogP contribution in [-0.4, -0.2) is 0 Å². The topological polar surface area (TPSA) is 0 Å². The van der Waals surface area contributed by atoms with E-state index in [1.165, 1.54) is 49.6 Å². The zero-order valence-corrected chi connectivity index (χ0v) is 13.5. The highest BCUT2D eigenvalue weighted by atomic mass is 33.1. The van der Waals surface area contributed by atoms with Crippen LogP contribution in [0.3, 0.4) is 0 Å². The smallest absolute Gasteiger partial charge is 0.0355 e. The Morgan fingerprint density at radius 1 is 0.545 bits per heavy atom. The molecule has 0 bridgehead atoms. The highest BCUT2D eigenvalue weighted by Gasteiger charge is 2.29. The summed E-state index contributed by atoms with van der Waals surface area (Å²) in [5, 5.41) is 8.95. The molecule has 2 aliphatic rings. The predicted octanol–water partition coefficient (Wildman–Crippen LogP) is 6.36. The molecule has 0 unspecified atom stereocenters. The number of hydrogen-bond donors (Lipinski definition) is 0. The molecule has 0 fully saturated rings. The van der Waals surface area contributed by atoms with Crippen molar-refractivity contribution in [3.63, 3.8) is 0 Å². The van der Waals surface area contributed by atoms with Gasteiger partial charge < -0.3 is 0 Å². The Balaban J connectivity index is 2.03. The molecule has 0 aromatic heterocycles. The van der Waals surface area contributed by atoms with Crippen LogP contribution < -0.4 is 0 Å². The van der Waals surface area contributed by atoms with E-state index < -0.39 is 0 Å². The van der Waals surface area contributed by atoms with E-state index in [4.69, 9.17) is 0 Å². The third-order valence-corrected chi connectivity index (χ3v) is 7.65. The fraction of sp³-hybridized carbons (Fsp3) is 0.100. The van der Waals surface area contributed by atoms with Crippen molar-refractivity contribution in [3.8, 4) is 0 Å². The van der Waals surface area contributed by atoms with E-state index in [0.29, 0.717) is 0 Å². The van der Waals surface area contributed by atoms with Crippen molar-refractivity contribution in [1.29, 1.82) is 0 Å². The van der Waals surface area contributed by atoms with Crippen LogP contribution in [0.5, 0.6) is 0 Å². The SMILES string of the molecule is c1ccc2c3c4c(c5ccccc5c5c4c(c2c1)CC5)SS3. The second-order valence-corrected chi connectivity index (χ2v) is 8.27. The Morgan fingerprint density at radius 2 is 1.00 bits per heavy atom. The zero-order valence-electron chi connectivity index (χ0n) is 11.8. The molecule has 0 spiro atoms. The lowest BCUT2D eigenvalue weighted by Gasteiger charge is -2.12. The fourth-order valence-corrected chi connectivity index (χ4v) is 7.15. The van der Waals surface area contributed by atoms with Crippen molar-refractivity contribution in [2.24, 2.45) is 0 Å². The van der Waals surface area contributed by atoms with E-state index in [0.717, 1.165) is 0 Å². The standard InChI is InChI=1S/C20H12S2/c1-3-7-15-11(5-1)13-9-10-14-12-6-2-4-8-16(12)20-18(17(13)14)19(15)21-22-20/h1-8H,9-10H2. The quantitative estimate of drug-likeness (QED) is 0.273. The normalized spacial score (nSPS) is 15.5. The van der Waals surface area contributed by atoms with Gasteiger partial charge in [0, 0.05) is 15.2 Å². The van der Waals surface area contributed by atoms with Gasteiger partial charge in [-0.1, -0.05) is 70.1 Å². The number of aryl methyl sites for hydroxylation is 2. The highest BCUT2D eigenvalue weighted by Crippen LogP contribution is 2.59. The molecule has 4 aromatic carbocycles. The van der Waals surface area contributed by atoms with Gasteiger partial charge in [-0.2, -0.15) is 0 Å². The van der Waals surface area contributed by atoms with Gasteiger partial charge in [0.05, 0.1) is 0 Å². The van der Waals surface area contributed by atoms with Crippen LogP contribution in [0.1, 0.15) is 11.1 Å². The van der Waals surface area contributed by atoms with Gasteiger partial charge in [0.1, 0.15) is 0 Å². The summed E-state index contributed by atoms with van der Waals surface area (Å²) in [4.78, 5) is 2.98. The van der Waals surface area contributed by atoms with Crippen LogP contribution in [0.15, 0.2) is 58.3 Å².